The van der Waals surface area contributed by atoms with Crippen LogP contribution in [0.3, 0.4) is 0 Å². The van der Waals surface area contributed by atoms with Crippen LogP contribution >= 0.6 is 0 Å². The monoisotopic (exact) mass is 299 g/mol. The van der Waals surface area contributed by atoms with Gasteiger partial charge in [-0.05, 0) is 43.0 Å². The highest BCUT2D eigenvalue weighted by Crippen LogP contribution is 2.22. The molecular weight excluding hydrogens is 278 g/mol. The number of nitrogens with zero attached hydrogens (tertiary/aromatic N) is 4. The Morgan fingerprint density at radius 1 is 1.23 bits per heavy atom. The van der Waals surface area contributed by atoms with E-state index in [1.165, 1.54) is 36.9 Å². The Labute approximate surface area is 129 Å². The molecule has 2 aromatic rings. The van der Waals surface area contributed by atoms with Gasteiger partial charge in [0, 0.05) is 6.54 Å². The van der Waals surface area contributed by atoms with Crippen molar-refractivity contribution < 1.29 is 4.79 Å². The van der Waals surface area contributed by atoms with Crippen LogP contribution in [0.5, 0.6) is 0 Å². The van der Waals surface area contributed by atoms with Crippen molar-refractivity contribution in [3.8, 4) is 5.69 Å². The molecule has 0 spiro atoms. The fourth-order valence-corrected chi connectivity index (χ4v) is 2.80. The fraction of sp³-hybridized carbons (Fsp3) is 0.500. The summed E-state index contributed by atoms with van der Waals surface area (Å²) in [6.07, 6.45) is 6.25. The molecule has 0 unspecified atom stereocenters. The molecule has 1 aliphatic carbocycles. The summed E-state index contributed by atoms with van der Waals surface area (Å²) in [6.45, 7) is 2.72. The SMILES string of the molecule is Cc1ccc(-n2nnc(C(=O)NCC3CCCCC3)n2)cc1. The molecule has 0 bridgehead atoms. The number of tetrazole rings is 1. The van der Waals surface area contributed by atoms with Crippen LogP contribution in [0.25, 0.3) is 5.69 Å². The molecule has 6 nitrogen and oxygen atoms in total. The lowest BCUT2D eigenvalue weighted by Crippen LogP contribution is -2.31. The smallest absolute Gasteiger partial charge is 0.292 e. The topological polar surface area (TPSA) is 72.7 Å². The number of carbonyl (C=O) groups is 1. The zero-order valence-electron chi connectivity index (χ0n) is 12.8. The highest BCUT2D eigenvalue weighted by Gasteiger charge is 2.17. The predicted molar refractivity (Wildman–Crippen MR) is 82.8 cm³/mol. The number of hydrogen-bond donors (Lipinski definition) is 1. The number of carbonyl (C=O) groups excluding carboxylic acids is 1. The van der Waals surface area contributed by atoms with Gasteiger partial charge >= 0.3 is 0 Å². The van der Waals surface area contributed by atoms with Crippen molar-refractivity contribution in [2.45, 2.75) is 39.0 Å². The standard InChI is InChI=1S/C16H21N5O/c1-12-7-9-14(10-8-12)21-19-15(18-20-21)16(22)17-11-13-5-3-2-4-6-13/h7-10,13H,2-6,11H2,1H3,(H,17,22). The van der Waals surface area contributed by atoms with Crippen molar-refractivity contribution in [3.63, 3.8) is 0 Å². The Morgan fingerprint density at radius 2 is 1.95 bits per heavy atom. The molecule has 0 saturated heterocycles. The highest BCUT2D eigenvalue weighted by atomic mass is 16.2. The van der Waals surface area contributed by atoms with Crippen LogP contribution in [0.2, 0.25) is 0 Å². The molecule has 6 heteroatoms. The summed E-state index contributed by atoms with van der Waals surface area (Å²) >= 11 is 0. The number of nitrogens with one attached hydrogen (secondary N) is 1. The molecule has 3 rings (SSSR count). The van der Waals surface area contributed by atoms with Crippen LogP contribution in [-0.4, -0.2) is 32.7 Å². The van der Waals surface area contributed by atoms with E-state index in [2.05, 4.69) is 20.7 Å². The lowest BCUT2D eigenvalue weighted by atomic mass is 9.89. The summed E-state index contributed by atoms with van der Waals surface area (Å²) in [4.78, 5) is 13.5. The van der Waals surface area contributed by atoms with Crippen molar-refractivity contribution >= 4 is 5.91 Å². The third-order valence-corrected chi connectivity index (χ3v) is 4.16. The second kappa shape index (κ2) is 6.68. The number of rotatable bonds is 4. The van der Waals surface area contributed by atoms with Crippen molar-refractivity contribution in [3.05, 3.63) is 35.7 Å². The Kier molecular flexibility index (Phi) is 4.46. The number of amides is 1. The Morgan fingerprint density at radius 3 is 2.68 bits per heavy atom. The zero-order chi connectivity index (χ0) is 15.4. The molecular formula is C16H21N5O. The molecule has 1 N–H and O–H groups in total. The molecule has 1 aliphatic rings. The highest BCUT2D eigenvalue weighted by molar-refractivity contribution is 5.90. The third-order valence-electron chi connectivity index (χ3n) is 4.16. The second-order valence-corrected chi connectivity index (χ2v) is 5.95. The fourth-order valence-electron chi connectivity index (χ4n) is 2.80. The van der Waals surface area contributed by atoms with Gasteiger partial charge in [-0.1, -0.05) is 37.0 Å². The third kappa shape index (κ3) is 3.50. The molecule has 0 atom stereocenters. The van der Waals surface area contributed by atoms with E-state index in [0.29, 0.717) is 12.5 Å². The zero-order valence-corrected chi connectivity index (χ0v) is 12.8. The maximum absolute atomic E-state index is 12.1. The van der Waals surface area contributed by atoms with Gasteiger partial charge in [0.05, 0.1) is 5.69 Å². The molecule has 1 heterocycles. The minimum absolute atomic E-state index is 0.122. The van der Waals surface area contributed by atoms with Crippen LogP contribution in [0.1, 0.15) is 48.3 Å². The van der Waals surface area contributed by atoms with Crippen molar-refractivity contribution in [1.29, 1.82) is 0 Å². The Bertz CT molecular complexity index is 628. The summed E-state index contributed by atoms with van der Waals surface area (Å²) in [5.41, 5.74) is 1.96. The second-order valence-electron chi connectivity index (χ2n) is 5.95. The predicted octanol–water partition coefficient (Wildman–Crippen LogP) is 2.28. The Balaban J connectivity index is 1.60. The summed E-state index contributed by atoms with van der Waals surface area (Å²) < 4.78 is 0. The van der Waals surface area contributed by atoms with Gasteiger partial charge < -0.3 is 5.32 Å². The average Bonchev–Trinajstić information content (AvgIpc) is 3.04. The van der Waals surface area contributed by atoms with Crippen LogP contribution < -0.4 is 5.32 Å². The minimum Gasteiger partial charge on any atom is -0.349 e. The van der Waals surface area contributed by atoms with Crippen molar-refractivity contribution in [2.24, 2.45) is 5.92 Å². The first-order chi connectivity index (χ1) is 10.7. The summed E-state index contributed by atoms with van der Waals surface area (Å²) in [5.74, 6) is 0.463. The van der Waals surface area contributed by atoms with Gasteiger partial charge in [-0.2, -0.15) is 0 Å². The van der Waals surface area contributed by atoms with E-state index in [4.69, 9.17) is 0 Å². The maximum atomic E-state index is 12.1. The lowest BCUT2D eigenvalue weighted by molar-refractivity contribution is 0.0933. The van der Waals surface area contributed by atoms with Crippen LogP contribution in [0.15, 0.2) is 24.3 Å². The van der Waals surface area contributed by atoms with E-state index < -0.39 is 0 Å². The molecule has 0 aliphatic heterocycles. The first-order valence-electron chi connectivity index (χ1n) is 7.87. The average molecular weight is 299 g/mol. The van der Waals surface area contributed by atoms with E-state index >= 15 is 0 Å². The number of hydrogen-bond acceptors (Lipinski definition) is 4. The first kappa shape index (κ1) is 14.7. The quantitative estimate of drug-likeness (QED) is 0.940. The van der Waals surface area contributed by atoms with Crippen molar-refractivity contribution in [2.75, 3.05) is 6.54 Å². The van der Waals surface area contributed by atoms with Gasteiger partial charge in [0.1, 0.15) is 0 Å². The number of aromatic nitrogens is 4. The summed E-state index contributed by atoms with van der Waals surface area (Å²) in [5, 5.41) is 14.9. The lowest BCUT2D eigenvalue weighted by Gasteiger charge is -2.21. The summed E-state index contributed by atoms with van der Waals surface area (Å²) in [7, 11) is 0. The van der Waals surface area contributed by atoms with Crippen molar-refractivity contribution in [1.82, 2.24) is 25.5 Å². The van der Waals surface area contributed by atoms with Gasteiger partial charge in [-0.25, -0.2) is 0 Å². The molecule has 22 heavy (non-hydrogen) atoms. The number of benzene rings is 1. The van der Waals surface area contributed by atoms with E-state index in [0.717, 1.165) is 11.3 Å². The number of aryl methyl sites for hydroxylation is 1. The maximum Gasteiger partial charge on any atom is 0.292 e. The van der Waals surface area contributed by atoms with E-state index in [1.54, 1.807) is 0 Å². The molecule has 1 saturated carbocycles. The van der Waals surface area contributed by atoms with Crippen LogP contribution in [-0.2, 0) is 0 Å². The van der Waals surface area contributed by atoms with Gasteiger partial charge in [0.25, 0.3) is 11.7 Å². The summed E-state index contributed by atoms with van der Waals surface area (Å²) in [6, 6.07) is 7.75. The van der Waals surface area contributed by atoms with E-state index in [9.17, 15) is 4.79 Å². The molecule has 1 aromatic carbocycles. The normalized spacial score (nSPS) is 15.7. The first-order valence-corrected chi connectivity index (χ1v) is 7.87. The molecule has 1 fully saturated rings. The largest absolute Gasteiger partial charge is 0.349 e. The van der Waals surface area contributed by atoms with Gasteiger partial charge in [0.15, 0.2) is 0 Å². The molecule has 1 aromatic heterocycles. The molecule has 1 amide bonds. The van der Waals surface area contributed by atoms with E-state index in [1.807, 2.05) is 31.2 Å². The van der Waals surface area contributed by atoms with Gasteiger partial charge in [-0.15, -0.1) is 15.0 Å². The van der Waals surface area contributed by atoms with E-state index in [-0.39, 0.29) is 11.7 Å². The van der Waals surface area contributed by atoms with Gasteiger partial charge in [-0.3, -0.25) is 4.79 Å². The Hall–Kier alpha value is -2.24. The molecule has 116 valence electrons. The van der Waals surface area contributed by atoms with Crippen LogP contribution in [0, 0.1) is 12.8 Å². The molecule has 0 radical (unpaired) electrons. The van der Waals surface area contributed by atoms with Crippen LogP contribution in [0.4, 0.5) is 0 Å². The minimum atomic E-state index is -0.246. The van der Waals surface area contributed by atoms with Gasteiger partial charge in [0.2, 0.25) is 0 Å².